The van der Waals surface area contributed by atoms with Crippen LogP contribution in [0.3, 0.4) is 0 Å². The van der Waals surface area contributed by atoms with Crippen molar-refractivity contribution >= 4 is 12.0 Å². The van der Waals surface area contributed by atoms with E-state index < -0.39 is 0 Å². The maximum atomic E-state index is 12.0. The van der Waals surface area contributed by atoms with Crippen LogP contribution in [0.25, 0.3) is 0 Å². The number of piperidine rings is 1. The average molecular weight is 308 g/mol. The van der Waals surface area contributed by atoms with E-state index in [1.807, 2.05) is 6.07 Å². The number of phenolic OH excluding ortho intramolecular Hbond substituents is 1. The first-order valence-electron chi connectivity index (χ1n) is 8.39. The molecule has 1 aromatic carbocycles. The molecule has 0 amide bonds. The molecule has 118 valence electrons. The Morgan fingerprint density at radius 1 is 1.43 bits per heavy atom. The van der Waals surface area contributed by atoms with Crippen molar-refractivity contribution in [3.05, 3.63) is 46.7 Å². The van der Waals surface area contributed by atoms with Crippen molar-refractivity contribution in [2.75, 3.05) is 18.4 Å². The summed E-state index contributed by atoms with van der Waals surface area (Å²) in [6, 6.07) is 6.18. The molecule has 4 aliphatic rings. The number of para-hydroxylation sites is 1. The van der Waals surface area contributed by atoms with Crippen LogP contribution in [0.4, 0.5) is 5.69 Å². The molecular formula is C19H20N2O2. The van der Waals surface area contributed by atoms with Crippen LogP contribution in [0.15, 0.2) is 41.1 Å². The second-order valence-electron chi connectivity index (χ2n) is 7.13. The van der Waals surface area contributed by atoms with Gasteiger partial charge in [-0.25, -0.2) is 0 Å². The third-order valence-electron chi connectivity index (χ3n) is 6.48. The molecule has 4 heteroatoms. The monoisotopic (exact) mass is 308 g/mol. The van der Waals surface area contributed by atoms with Crippen LogP contribution in [0, 0.1) is 5.92 Å². The van der Waals surface area contributed by atoms with Crippen molar-refractivity contribution in [2.24, 2.45) is 5.92 Å². The van der Waals surface area contributed by atoms with E-state index in [1.54, 1.807) is 6.07 Å². The zero-order valence-electron chi connectivity index (χ0n) is 13.2. The summed E-state index contributed by atoms with van der Waals surface area (Å²) in [5.74, 6) is 0.507. The molecule has 1 aromatic rings. The SMILES string of the molecule is C/C=C1\CN2CC[C@@]34C(=C(C=O)[C@H]1C[C@@H]23)Nc1c(O)cccc14. The van der Waals surface area contributed by atoms with Crippen LogP contribution < -0.4 is 5.32 Å². The summed E-state index contributed by atoms with van der Waals surface area (Å²) in [5, 5.41) is 13.7. The Morgan fingerprint density at radius 3 is 3.09 bits per heavy atom. The lowest BCUT2D eigenvalue weighted by molar-refractivity contribution is -0.105. The second kappa shape index (κ2) is 4.26. The van der Waals surface area contributed by atoms with Crippen molar-refractivity contribution in [1.29, 1.82) is 0 Å². The highest BCUT2D eigenvalue weighted by atomic mass is 16.3. The van der Waals surface area contributed by atoms with Crippen molar-refractivity contribution in [1.82, 2.24) is 4.90 Å². The number of nitrogens with zero attached hydrogens (tertiary/aromatic N) is 1. The van der Waals surface area contributed by atoms with Crippen molar-refractivity contribution in [3.63, 3.8) is 0 Å². The van der Waals surface area contributed by atoms with Crippen LogP contribution in [-0.4, -0.2) is 35.4 Å². The van der Waals surface area contributed by atoms with E-state index in [2.05, 4.69) is 29.3 Å². The summed E-state index contributed by atoms with van der Waals surface area (Å²) in [6.45, 7) is 4.08. The van der Waals surface area contributed by atoms with Gasteiger partial charge in [0.1, 0.15) is 12.0 Å². The molecular weight excluding hydrogens is 288 g/mol. The van der Waals surface area contributed by atoms with Gasteiger partial charge in [0.2, 0.25) is 0 Å². The van der Waals surface area contributed by atoms with Crippen LogP contribution in [0.5, 0.6) is 5.75 Å². The molecule has 2 saturated heterocycles. The van der Waals surface area contributed by atoms with Crippen LogP contribution >= 0.6 is 0 Å². The number of hydrogen-bond acceptors (Lipinski definition) is 4. The number of fused-ring (bicyclic) bond motifs is 2. The molecule has 3 aliphatic heterocycles. The van der Waals surface area contributed by atoms with Gasteiger partial charge in [0.05, 0.1) is 11.1 Å². The number of allylic oxidation sites excluding steroid dienone is 2. The van der Waals surface area contributed by atoms with Crippen molar-refractivity contribution in [3.8, 4) is 5.75 Å². The topological polar surface area (TPSA) is 52.6 Å². The number of rotatable bonds is 1. The Balaban J connectivity index is 1.84. The van der Waals surface area contributed by atoms with Gasteiger partial charge in [-0.2, -0.15) is 0 Å². The Morgan fingerprint density at radius 2 is 2.30 bits per heavy atom. The number of nitrogens with one attached hydrogen (secondary N) is 1. The lowest BCUT2D eigenvalue weighted by atomic mass is 9.62. The number of carbonyl (C=O) groups is 1. The van der Waals surface area contributed by atoms with Gasteiger partial charge in [-0.3, -0.25) is 9.69 Å². The van der Waals surface area contributed by atoms with E-state index in [4.69, 9.17) is 0 Å². The largest absolute Gasteiger partial charge is 0.506 e. The zero-order chi connectivity index (χ0) is 15.8. The van der Waals surface area contributed by atoms with E-state index in [9.17, 15) is 9.90 Å². The lowest BCUT2D eigenvalue weighted by Gasteiger charge is -2.48. The zero-order valence-corrected chi connectivity index (χ0v) is 13.2. The molecule has 23 heavy (non-hydrogen) atoms. The fraction of sp³-hybridized carbons (Fsp3) is 0.421. The highest BCUT2D eigenvalue weighted by molar-refractivity contribution is 5.86. The molecule has 1 aliphatic carbocycles. The van der Waals surface area contributed by atoms with Crippen molar-refractivity contribution < 1.29 is 9.90 Å². The van der Waals surface area contributed by atoms with Crippen LogP contribution in [0.1, 0.15) is 25.3 Å². The maximum absolute atomic E-state index is 12.0. The lowest BCUT2D eigenvalue weighted by Crippen LogP contribution is -2.52. The summed E-state index contributed by atoms with van der Waals surface area (Å²) in [5.41, 5.74) is 5.13. The molecule has 5 rings (SSSR count). The van der Waals surface area contributed by atoms with Gasteiger partial charge >= 0.3 is 0 Å². The van der Waals surface area contributed by atoms with Crippen LogP contribution in [-0.2, 0) is 10.2 Å². The minimum Gasteiger partial charge on any atom is -0.506 e. The molecule has 0 aromatic heterocycles. The molecule has 0 saturated carbocycles. The second-order valence-corrected chi connectivity index (χ2v) is 7.13. The highest BCUT2D eigenvalue weighted by Crippen LogP contribution is 2.61. The van der Waals surface area contributed by atoms with E-state index in [0.29, 0.717) is 6.04 Å². The smallest absolute Gasteiger partial charge is 0.148 e. The summed E-state index contributed by atoms with van der Waals surface area (Å²) in [6.07, 6.45) is 5.24. The highest BCUT2D eigenvalue weighted by Gasteiger charge is 2.61. The van der Waals surface area contributed by atoms with Gasteiger partial charge in [0.15, 0.2) is 0 Å². The minimum absolute atomic E-state index is 0.139. The van der Waals surface area contributed by atoms with Gasteiger partial charge in [-0.15, -0.1) is 0 Å². The van der Waals surface area contributed by atoms with Gasteiger partial charge in [0.25, 0.3) is 0 Å². The average Bonchev–Trinajstić information content (AvgIpc) is 3.12. The van der Waals surface area contributed by atoms with Gasteiger partial charge in [-0.1, -0.05) is 23.8 Å². The van der Waals surface area contributed by atoms with Crippen molar-refractivity contribution in [2.45, 2.75) is 31.2 Å². The van der Waals surface area contributed by atoms with E-state index in [-0.39, 0.29) is 17.1 Å². The number of anilines is 1. The Labute approximate surface area is 135 Å². The van der Waals surface area contributed by atoms with E-state index in [0.717, 1.165) is 49.2 Å². The molecule has 2 fully saturated rings. The Hall–Kier alpha value is -2.07. The molecule has 1 spiro atoms. The molecule has 4 nitrogen and oxygen atoms in total. The van der Waals surface area contributed by atoms with Gasteiger partial charge < -0.3 is 10.4 Å². The fourth-order valence-corrected chi connectivity index (χ4v) is 5.50. The first-order valence-corrected chi connectivity index (χ1v) is 8.39. The first kappa shape index (κ1) is 13.4. The fourth-order valence-electron chi connectivity index (χ4n) is 5.50. The Kier molecular flexibility index (Phi) is 2.48. The summed E-state index contributed by atoms with van der Waals surface area (Å²) < 4.78 is 0. The number of phenols is 1. The summed E-state index contributed by atoms with van der Waals surface area (Å²) in [7, 11) is 0. The standard InChI is InChI=1S/C19H20N2O2/c1-2-11-9-21-7-6-19-14-4-3-5-15(23)17(14)20-18(19)13(10-22)12(11)8-16(19)21/h2-5,10,12,16,20,23H,6-9H2,1H3/b11-2+/t12-,16+,19-/m0/s1. The predicted octanol–water partition coefficient (Wildman–Crippen LogP) is 2.56. The number of aldehydes is 1. The Bertz CT molecular complexity index is 795. The van der Waals surface area contributed by atoms with Crippen LogP contribution in [0.2, 0.25) is 0 Å². The van der Waals surface area contributed by atoms with Gasteiger partial charge in [-0.05, 0) is 31.4 Å². The molecule has 2 bridgehead atoms. The molecule has 0 radical (unpaired) electrons. The minimum atomic E-state index is -0.139. The third-order valence-corrected chi connectivity index (χ3v) is 6.48. The molecule has 0 unspecified atom stereocenters. The van der Waals surface area contributed by atoms with E-state index in [1.165, 1.54) is 11.1 Å². The number of aromatic hydroxyl groups is 1. The quantitative estimate of drug-likeness (QED) is 0.476. The number of hydrogen-bond donors (Lipinski definition) is 2. The normalized spacial score (nSPS) is 36.0. The number of benzene rings is 1. The summed E-state index contributed by atoms with van der Waals surface area (Å²) >= 11 is 0. The first-order chi connectivity index (χ1) is 11.2. The molecule has 3 heterocycles. The number of carbonyl (C=O) groups excluding carboxylic acids is 1. The predicted molar refractivity (Wildman–Crippen MR) is 88.3 cm³/mol. The molecule has 3 atom stereocenters. The third kappa shape index (κ3) is 1.39. The maximum Gasteiger partial charge on any atom is 0.148 e. The summed E-state index contributed by atoms with van der Waals surface area (Å²) in [4.78, 5) is 14.5. The van der Waals surface area contributed by atoms with E-state index >= 15 is 0 Å². The van der Waals surface area contributed by atoms with Gasteiger partial charge in [0, 0.05) is 36.3 Å². The molecule has 2 N–H and O–H groups in total.